The summed E-state index contributed by atoms with van der Waals surface area (Å²) in [5, 5.41) is 3.68. The molecule has 0 saturated carbocycles. The Morgan fingerprint density at radius 1 is 1.31 bits per heavy atom. The Morgan fingerprint density at radius 3 is 2.92 bits per heavy atom. The Balaban J connectivity index is 2.54. The predicted molar refractivity (Wildman–Crippen MR) is 50.1 cm³/mol. The number of benzene rings is 1. The summed E-state index contributed by atoms with van der Waals surface area (Å²) >= 11 is 0. The molecule has 1 aliphatic carbocycles. The van der Waals surface area contributed by atoms with Gasteiger partial charge in [-0.15, -0.1) is 0 Å². The molecule has 2 nitrogen and oxygen atoms in total. The number of rotatable bonds is 0. The molecule has 0 aliphatic heterocycles. The second-order valence-corrected chi connectivity index (χ2v) is 3.23. The topological polar surface area (TPSA) is 38.4 Å². The third-order valence-corrected chi connectivity index (χ3v) is 2.40. The Bertz CT molecular complexity index is 358. The van der Waals surface area contributed by atoms with Crippen LogP contribution in [0.5, 0.6) is 0 Å². The van der Waals surface area contributed by atoms with Gasteiger partial charge in [-0.1, -0.05) is 6.07 Å². The number of hydrogen-bond acceptors (Lipinski definition) is 2. The number of nitrogens with zero attached hydrogens (tertiary/aromatic N) is 1. The molecule has 2 N–H and O–H groups in total. The molecule has 0 atom stereocenters. The highest BCUT2D eigenvalue weighted by Crippen LogP contribution is 2.22. The number of halogens is 1. The summed E-state index contributed by atoms with van der Waals surface area (Å²) < 4.78 is 12.9. The molecular formula is C10H11FN2. The smallest absolute Gasteiger partial charge is 0.123 e. The van der Waals surface area contributed by atoms with E-state index in [0.717, 1.165) is 36.1 Å². The predicted octanol–water partition coefficient (Wildman–Crippen LogP) is 1.82. The van der Waals surface area contributed by atoms with Gasteiger partial charge in [0.1, 0.15) is 5.82 Å². The van der Waals surface area contributed by atoms with E-state index < -0.39 is 0 Å². The van der Waals surface area contributed by atoms with E-state index in [0.29, 0.717) is 0 Å². The lowest BCUT2D eigenvalue weighted by Gasteiger charge is -2.16. The zero-order valence-corrected chi connectivity index (χ0v) is 7.26. The van der Waals surface area contributed by atoms with Crippen molar-refractivity contribution < 1.29 is 4.39 Å². The van der Waals surface area contributed by atoms with Crippen molar-refractivity contribution in [2.75, 3.05) is 0 Å². The molecule has 0 unspecified atom stereocenters. The van der Waals surface area contributed by atoms with E-state index in [9.17, 15) is 4.39 Å². The van der Waals surface area contributed by atoms with E-state index in [1.165, 1.54) is 12.1 Å². The Kier molecular flexibility index (Phi) is 2.00. The van der Waals surface area contributed by atoms with E-state index in [2.05, 4.69) is 5.10 Å². The molecule has 1 aromatic rings. The summed E-state index contributed by atoms with van der Waals surface area (Å²) in [7, 11) is 0. The van der Waals surface area contributed by atoms with Gasteiger partial charge in [-0.2, -0.15) is 5.10 Å². The summed E-state index contributed by atoms with van der Waals surface area (Å²) in [6.45, 7) is 0. The molecule has 0 amide bonds. The van der Waals surface area contributed by atoms with Crippen LogP contribution in [-0.4, -0.2) is 5.71 Å². The maximum atomic E-state index is 12.9. The minimum Gasteiger partial charge on any atom is -0.323 e. The first-order valence-corrected chi connectivity index (χ1v) is 4.37. The number of hydrogen-bond donors (Lipinski definition) is 1. The van der Waals surface area contributed by atoms with Crippen LogP contribution in [-0.2, 0) is 6.42 Å². The zero-order chi connectivity index (χ0) is 9.26. The van der Waals surface area contributed by atoms with Crippen LogP contribution >= 0.6 is 0 Å². The normalized spacial score (nSPS) is 18.7. The van der Waals surface area contributed by atoms with Crippen LogP contribution in [0.15, 0.2) is 23.3 Å². The highest BCUT2D eigenvalue weighted by atomic mass is 19.1. The van der Waals surface area contributed by atoms with Gasteiger partial charge in [0.05, 0.1) is 5.71 Å². The molecule has 1 aromatic carbocycles. The van der Waals surface area contributed by atoms with Crippen LogP contribution in [0, 0.1) is 5.82 Å². The van der Waals surface area contributed by atoms with Gasteiger partial charge in [-0.25, -0.2) is 4.39 Å². The van der Waals surface area contributed by atoms with Gasteiger partial charge in [0.15, 0.2) is 0 Å². The third-order valence-electron chi connectivity index (χ3n) is 2.40. The maximum absolute atomic E-state index is 12.9. The van der Waals surface area contributed by atoms with Crippen molar-refractivity contribution in [1.82, 2.24) is 0 Å². The van der Waals surface area contributed by atoms with E-state index in [-0.39, 0.29) is 5.82 Å². The molecule has 0 aromatic heterocycles. The van der Waals surface area contributed by atoms with E-state index >= 15 is 0 Å². The van der Waals surface area contributed by atoms with Crippen LogP contribution in [0.4, 0.5) is 4.39 Å². The molecular weight excluding hydrogens is 167 g/mol. The summed E-state index contributed by atoms with van der Waals surface area (Å²) in [5.41, 5.74) is 2.85. The molecule has 13 heavy (non-hydrogen) atoms. The van der Waals surface area contributed by atoms with Crippen molar-refractivity contribution in [3.63, 3.8) is 0 Å². The lowest BCUT2D eigenvalue weighted by Crippen LogP contribution is -2.13. The first-order chi connectivity index (χ1) is 6.31. The molecule has 0 bridgehead atoms. The van der Waals surface area contributed by atoms with Gasteiger partial charge in [0.2, 0.25) is 0 Å². The average Bonchev–Trinajstić information content (AvgIpc) is 2.17. The van der Waals surface area contributed by atoms with E-state index in [4.69, 9.17) is 5.84 Å². The van der Waals surface area contributed by atoms with Crippen LogP contribution in [0.2, 0.25) is 0 Å². The molecule has 1 aliphatic rings. The number of hydrazone groups is 1. The molecule has 0 spiro atoms. The fourth-order valence-electron chi connectivity index (χ4n) is 1.75. The average molecular weight is 178 g/mol. The van der Waals surface area contributed by atoms with Crippen molar-refractivity contribution in [3.8, 4) is 0 Å². The number of fused-ring (bicyclic) bond motifs is 1. The fourth-order valence-corrected chi connectivity index (χ4v) is 1.75. The Morgan fingerprint density at radius 2 is 2.15 bits per heavy atom. The lowest BCUT2D eigenvalue weighted by molar-refractivity contribution is 0.625. The van der Waals surface area contributed by atoms with Crippen molar-refractivity contribution in [1.29, 1.82) is 0 Å². The van der Waals surface area contributed by atoms with Gasteiger partial charge in [0.25, 0.3) is 0 Å². The van der Waals surface area contributed by atoms with Gasteiger partial charge in [0, 0.05) is 5.56 Å². The summed E-state index contributed by atoms with van der Waals surface area (Å²) in [5.74, 6) is 5.01. The Labute approximate surface area is 76.3 Å². The summed E-state index contributed by atoms with van der Waals surface area (Å²) in [6, 6.07) is 4.81. The first-order valence-electron chi connectivity index (χ1n) is 4.37. The van der Waals surface area contributed by atoms with Crippen LogP contribution < -0.4 is 5.84 Å². The van der Waals surface area contributed by atoms with E-state index in [1.807, 2.05) is 6.07 Å². The molecule has 0 radical (unpaired) electrons. The minimum atomic E-state index is -0.221. The molecule has 2 rings (SSSR count). The van der Waals surface area contributed by atoms with Gasteiger partial charge >= 0.3 is 0 Å². The monoisotopic (exact) mass is 178 g/mol. The fraction of sp³-hybridized carbons (Fsp3) is 0.300. The summed E-state index contributed by atoms with van der Waals surface area (Å²) in [4.78, 5) is 0. The van der Waals surface area contributed by atoms with Crippen LogP contribution in [0.25, 0.3) is 0 Å². The largest absolute Gasteiger partial charge is 0.323 e. The third kappa shape index (κ3) is 1.41. The minimum absolute atomic E-state index is 0.221. The van der Waals surface area contributed by atoms with E-state index in [1.54, 1.807) is 0 Å². The maximum Gasteiger partial charge on any atom is 0.123 e. The van der Waals surface area contributed by atoms with Crippen molar-refractivity contribution in [2.24, 2.45) is 10.9 Å². The molecule has 0 fully saturated rings. The first kappa shape index (κ1) is 8.23. The summed E-state index contributed by atoms with van der Waals surface area (Å²) in [6.07, 6.45) is 2.90. The van der Waals surface area contributed by atoms with Crippen LogP contribution in [0.1, 0.15) is 24.0 Å². The van der Waals surface area contributed by atoms with Crippen molar-refractivity contribution >= 4 is 5.71 Å². The van der Waals surface area contributed by atoms with Gasteiger partial charge < -0.3 is 5.84 Å². The van der Waals surface area contributed by atoms with Crippen LogP contribution in [0.3, 0.4) is 0 Å². The highest BCUT2D eigenvalue weighted by Gasteiger charge is 2.15. The number of aryl methyl sites for hydroxylation is 1. The zero-order valence-electron chi connectivity index (χ0n) is 7.26. The van der Waals surface area contributed by atoms with Gasteiger partial charge in [-0.05, 0) is 37.0 Å². The van der Waals surface area contributed by atoms with Gasteiger partial charge in [-0.3, -0.25) is 0 Å². The number of nitrogens with two attached hydrogens (primary N) is 1. The van der Waals surface area contributed by atoms with Crippen molar-refractivity contribution in [2.45, 2.75) is 19.3 Å². The quantitative estimate of drug-likeness (QED) is 0.477. The second kappa shape index (κ2) is 3.17. The Hall–Kier alpha value is -1.38. The molecule has 0 saturated heterocycles. The molecule has 0 heterocycles. The van der Waals surface area contributed by atoms with Crippen molar-refractivity contribution in [3.05, 3.63) is 35.1 Å². The standard InChI is InChI=1S/C10H11FN2/c11-8-5-4-7-2-1-3-10(13-12)9(7)6-8/h4-6H,1-3,12H2/b13-10+. The second-order valence-electron chi connectivity index (χ2n) is 3.23. The lowest BCUT2D eigenvalue weighted by atomic mass is 9.90. The highest BCUT2D eigenvalue weighted by molar-refractivity contribution is 6.02. The SMILES string of the molecule is N/N=C1\CCCc2ccc(F)cc21. The molecule has 3 heteroatoms. The molecule has 68 valence electrons.